The first-order valence-electron chi connectivity index (χ1n) is 4.10. The second-order valence-electron chi connectivity index (χ2n) is 2.69. The van der Waals surface area contributed by atoms with Crippen LogP contribution in [0.2, 0.25) is 0 Å². The standard InChI is InChI=1S/C6H12FN.C2H6/c1-6(7)3-2-4-8-5-6;1-2/h8H,2-5H2,1H3;1-2H3. The molecule has 0 aromatic rings. The number of rotatable bonds is 0. The van der Waals surface area contributed by atoms with E-state index in [0.29, 0.717) is 6.54 Å². The average Bonchev–Trinajstić information content (AvgIpc) is 1.92. The van der Waals surface area contributed by atoms with Crippen LogP contribution in [0.25, 0.3) is 0 Å². The maximum Gasteiger partial charge on any atom is 0.120 e. The molecule has 0 aliphatic carbocycles. The van der Waals surface area contributed by atoms with Crippen LogP contribution in [-0.4, -0.2) is 18.8 Å². The molecule has 1 atom stereocenters. The lowest BCUT2D eigenvalue weighted by molar-refractivity contribution is 0.145. The van der Waals surface area contributed by atoms with Gasteiger partial charge in [-0.2, -0.15) is 0 Å². The van der Waals surface area contributed by atoms with E-state index >= 15 is 0 Å². The van der Waals surface area contributed by atoms with E-state index in [9.17, 15) is 4.39 Å². The van der Waals surface area contributed by atoms with Crippen LogP contribution in [0.3, 0.4) is 0 Å². The Balaban J connectivity index is 0.000000371. The summed E-state index contributed by atoms with van der Waals surface area (Å²) < 4.78 is 12.8. The van der Waals surface area contributed by atoms with Crippen LogP contribution in [0.1, 0.15) is 33.6 Å². The van der Waals surface area contributed by atoms with Gasteiger partial charge in [-0.1, -0.05) is 13.8 Å². The molecule has 1 fully saturated rings. The molecule has 1 heterocycles. The molecule has 1 aliphatic rings. The third-order valence-corrected chi connectivity index (χ3v) is 1.55. The summed E-state index contributed by atoms with van der Waals surface area (Å²) in [6.07, 6.45) is 1.70. The smallest absolute Gasteiger partial charge is 0.120 e. The lowest BCUT2D eigenvalue weighted by Gasteiger charge is -2.25. The summed E-state index contributed by atoms with van der Waals surface area (Å²) in [5.74, 6) is 0. The van der Waals surface area contributed by atoms with E-state index in [0.717, 1.165) is 19.4 Å². The van der Waals surface area contributed by atoms with Crippen molar-refractivity contribution in [2.75, 3.05) is 13.1 Å². The number of hydrogen-bond acceptors (Lipinski definition) is 1. The van der Waals surface area contributed by atoms with Crippen molar-refractivity contribution < 1.29 is 4.39 Å². The quantitative estimate of drug-likeness (QED) is 0.553. The van der Waals surface area contributed by atoms with Gasteiger partial charge in [0.1, 0.15) is 5.67 Å². The van der Waals surface area contributed by atoms with Crippen molar-refractivity contribution in [3.63, 3.8) is 0 Å². The summed E-state index contributed by atoms with van der Waals surface area (Å²) >= 11 is 0. The number of hydrogen-bond donors (Lipinski definition) is 1. The topological polar surface area (TPSA) is 12.0 Å². The van der Waals surface area contributed by atoms with Crippen LogP contribution in [0.15, 0.2) is 0 Å². The molecular weight excluding hydrogens is 129 g/mol. The van der Waals surface area contributed by atoms with E-state index in [2.05, 4.69) is 5.32 Å². The zero-order chi connectivity index (χ0) is 8.04. The molecule has 0 aromatic carbocycles. The number of halogens is 1. The molecule has 0 bridgehead atoms. The zero-order valence-electron chi connectivity index (χ0n) is 7.21. The lowest BCUT2D eigenvalue weighted by Crippen LogP contribution is -2.39. The predicted molar refractivity (Wildman–Crippen MR) is 43.0 cm³/mol. The first-order chi connectivity index (χ1) is 4.71. The molecule has 1 unspecified atom stereocenters. The Morgan fingerprint density at radius 1 is 1.40 bits per heavy atom. The Labute approximate surface area is 63.0 Å². The Bertz CT molecular complexity index is 73.3. The van der Waals surface area contributed by atoms with Crippen LogP contribution in [0.4, 0.5) is 4.39 Å². The van der Waals surface area contributed by atoms with E-state index in [1.165, 1.54) is 0 Å². The Kier molecular flexibility index (Phi) is 4.62. The second kappa shape index (κ2) is 4.67. The molecule has 0 spiro atoms. The molecule has 0 saturated carbocycles. The lowest BCUT2D eigenvalue weighted by atomic mass is 9.99. The fraction of sp³-hybridized carbons (Fsp3) is 1.00. The average molecular weight is 147 g/mol. The predicted octanol–water partition coefficient (Wildman–Crippen LogP) is 2.12. The van der Waals surface area contributed by atoms with E-state index in [-0.39, 0.29) is 0 Å². The highest BCUT2D eigenvalue weighted by Gasteiger charge is 2.24. The van der Waals surface area contributed by atoms with Gasteiger partial charge in [0, 0.05) is 6.54 Å². The molecule has 10 heavy (non-hydrogen) atoms. The van der Waals surface area contributed by atoms with Gasteiger partial charge in [-0.15, -0.1) is 0 Å². The molecular formula is C8H18FN. The highest BCUT2D eigenvalue weighted by atomic mass is 19.1. The van der Waals surface area contributed by atoms with Crippen molar-refractivity contribution in [1.29, 1.82) is 0 Å². The normalized spacial score (nSPS) is 32.4. The summed E-state index contributed by atoms with van der Waals surface area (Å²) in [4.78, 5) is 0. The molecule has 0 aromatic heterocycles. The largest absolute Gasteiger partial charge is 0.314 e. The number of nitrogens with one attached hydrogen (secondary N) is 1. The van der Waals surface area contributed by atoms with Gasteiger partial charge in [0.15, 0.2) is 0 Å². The Hall–Kier alpha value is -0.110. The third kappa shape index (κ3) is 3.83. The first-order valence-corrected chi connectivity index (χ1v) is 4.10. The van der Waals surface area contributed by atoms with Crippen molar-refractivity contribution in [2.24, 2.45) is 0 Å². The van der Waals surface area contributed by atoms with Crippen molar-refractivity contribution in [1.82, 2.24) is 5.32 Å². The Morgan fingerprint density at radius 3 is 2.20 bits per heavy atom. The SMILES string of the molecule is CC.CC1(F)CCCNC1. The number of piperidine rings is 1. The van der Waals surface area contributed by atoms with E-state index in [1.807, 2.05) is 13.8 Å². The maximum atomic E-state index is 12.8. The van der Waals surface area contributed by atoms with Crippen LogP contribution in [0.5, 0.6) is 0 Å². The molecule has 1 N–H and O–H groups in total. The van der Waals surface area contributed by atoms with Gasteiger partial charge in [-0.3, -0.25) is 0 Å². The second-order valence-corrected chi connectivity index (χ2v) is 2.69. The summed E-state index contributed by atoms with van der Waals surface area (Å²) in [5, 5.41) is 3.00. The molecule has 1 saturated heterocycles. The van der Waals surface area contributed by atoms with Crippen molar-refractivity contribution >= 4 is 0 Å². The zero-order valence-corrected chi connectivity index (χ0v) is 7.21. The van der Waals surface area contributed by atoms with Crippen LogP contribution >= 0.6 is 0 Å². The summed E-state index contributed by atoms with van der Waals surface area (Å²) in [7, 11) is 0. The van der Waals surface area contributed by atoms with Crippen LogP contribution in [-0.2, 0) is 0 Å². The van der Waals surface area contributed by atoms with Crippen LogP contribution in [0, 0.1) is 0 Å². The van der Waals surface area contributed by atoms with Gasteiger partial charge in [-0.05, 0) is 26.3 Å². The Morgan fingerprint density at radius 2 is 2.00 bits per heavy atom. The molecule has 2 heteroatoms. The van der Waals surface area contributed by atoms with Gasteiger partial charge in [0.05, 0.1) is 0 Å². The van der Waals surface area contributed by atoms with Gasteiger partial charge < -0.3 is 5.32 Å². The summed E-state index contributed by atoms with van der Waals surface area (Å²) in [6.45, 7) is 7.17. The van der Waals surface area contributed by atoms with E-state index in [4.69, 9.17) is 0 Å². The monoisotopic (exact) mass is 147 g/mol. The molecule has 62 valence electrons. The highest BCUT2D eigenvalue weighted by molar-refractivity contribution is 4.80. The molecule has 1 nitrogen and oxygen atoms in total. The minimum absolute atomic E-state index is 0.535. The maximum absolute atomic E-state index is 12.8. The van der Waals surface area contributed by atoms with Gasteiger partial charge in [0.25, 0.3) is 0 Å². The van der Waals surface area contributed by atoms with Crippen molar-refractivity contribution in [3.05, 3.63) is 0 Å². The van der Waals surface area contributed by atoms with Crippen molar-refractivity contribution in [3.8, 4) is 0 Å². The van der Waals surface area contributed by atoms with E-state index < -0.39 is 5.67 Å². The fourth-order valence-electron chi connectivity index (χ4n) is 1.02. The van der Waals surface area contributed by atoms with Gasteiger partial charge in [-0.25, -0.2) is 4.39 Å². The third-order valence-electron chi connectivity index (χ3n) is 1.55. The highest BCUT2D eigenvalue weighted by Crippen LogP contribution is 2.18. The minimum Gasteiger partial charge on any atom is -0.314 e. The van der Waals surface area contributed by atoms with Gasteiger partial charge in [0.2, 0.25) is 0 Å². The molecule has 0 amide bonds. The van der Waals surface area contributed by atoms with Crippen LogP contribution < -0.4 is 5.32 Å². The molecule has 1 aliphatic heterocycles. The molecule has 0 radical (unpaired) electrons. The van der Waals surface area contributed by atoms with E-state index in [1.54, 1.807) is 6.92 Å². The summed E-state index contributed by atoms with van der Waals surface area (Å²) in [5.41, 5.74) is -0.932. The fourth-order valence-corrected chi connectivity index (χ4v) is 1.02. The summed E-state index contributed by atoms with van der Waals surface area (Å²) in [6, 6.07) is 0. The first kappa shape index (κ1) is 9.89. The number of alkyl halides is 1. The van der Waals surface area contributed by atoms with Crippen molar-refractivity contribution in [2.45, 2.75) is 39.3 Å². The minimum atomic E-state index is -0.932. The molecule has 1 rings (SSSR count). The van der Waals surface area contributed by atoms with Gasteiger partial charge >= 0.3 is 0 Å².